The normalized spacial score (nSPS) is 22.4. The van der Waals surface area contributed by atoms with Gasteiger partial charge >= 0.3 is 6.09 Å². The average molecular weight is 712 g/mol. The van der Waals surface area contributed by atoms with Crippen LogP contribution in [0.4, 0.5) is 4.79 Å². The molecule has 4 N–H and O–H groups in total. The van der Waals surface area contributed by atoms with Crippen molar-refractivity contribution in [3.8, 4) is 11.3 Å². The second-order valence-electron chi connectivity index (χ2n) is 14.2. The highest BCUT2D eigenvalue weighted by Crippen LogP contribution is 2.33. The molecule has 50 heavy (non-hydrogen) atoms. The van der Waals surface area contributed by atoms with Crippen molar-refractivity contribution in [1.29, 1.82) is 0 Å². The highest BCUT2D eigenvalue weighted by atomic mass is 32.2. The van der Waals surface area contributed by atoms with Crippen LogP contribution in [0.5, 0.6) is 0 Å². The molecule has 14 heteroatoms. The number of nitrogens with zero attached hydrogens (tertiary/aromatic N) is 2. The highest BCUT2D eigenvalue weighted by Gasteiger charge is 2.44. The standard InChI is InChI=1S/C36H49N5O8S/c1-36(2,3)32(40-50(4,45)46)33(43)39-41(21-25-13-15-26(16-14-25)28-12-8-9-18-37-28)22-30(42)29(20-24-10-6-5-7-11-24)38-35(44)49-31-23-48-34-27(31)17-19-47-34/h5-6,8-10,12-16,18,27,29-32,34,40,42H,7,11,17,19-23H2,1-4H3,(H,38,44)(H,39,43). The number of aliphatic hydroxyl groups is 1. The number of fused-ring (bicyclic) bond motifs is 1. The van der Waals surface area contributed by atoms with Crippen LogP contribution < -0.4 is 15.5 Å². The second-order valence-corrected chi connectivity index (χ2v) is 16.0. The van der Waals surface area contributed by atoms with Crippen molar-refractivity contribution in [1.82, 2.24) is 25.5 Å². The number of amides is 2. The van der Waals surface area contributed by atoms with Crippen molar-refractivity contribution in [2.75, 3.05) is 26.0 Å². The Morgan fingerprint density at radius 3 is 2.58 bits per heavy atom. The first-order valence-electron chi connectivity index (χ1n) is 17.0. The van der Waals surface area contributed by atoms with Gasteiger partial charge in [0.25, 0.3) is 5.91 Å². The number of rotatable bonds is 14. The van der Waals surface area contributed by atoms with Crippen LogP contribution in [-0.4, -0.2) is 92.1 Å². The minimum absolute atomic E-state index is 0.0404. The highest BCUT2D eigenvalue weighted by molar-refractivity contribution is 7.88. The molecule has 2 fully saturated rings. The van der Waals surface area contributed by atoms with E-state index in [1.807, 2.05) is 54.6 Å². The number of sulfonamides is 1. The smallest absolute Gasteiger partial charge is 0.407 e. The lowest BCUT2D eigenvalue weighted by Gasteiger charge is -2.34. The number of hydrogen-bond acceptors (Lipinski definition) is 10. The van der Waals surface area contributed by atoms with E-state index in [9.17, 15) is 23.1 Å². The van der Waals surface area contributed by atoms with Gasteiger partial charge in [0.1, 0.15) is 12.1 Å². The van der Waals surface area contributed by atoms with E-state index in [0.29, 0.717) is 13.0 Å². The number of carbonyl (C=O) groups excluding carboxylic acids is 2. The molecule has 0 saturated carbocycles. The number of allylic oxidation sites excluding steroid dienone is 3. The summed E-state index contributed by atoms with van der Waals surface area (Å²) in [4.78, 5) is 31.4. The van der Waals surface area contributed by atoms with E-state index in [1.54, 1.807) is 32.0 Å². The molecular formula is C36H49N5O8S. The van der Waals surface area contributed by atoms with Crippen LogP contribution >= 0.6 is 0 Å². The van der Waals surface area contributed by atoms with Gasteiger partial charge in [0.2, 0.25) is 10.0 Å². The molecule has 2 amide bonds. The first kappa shape index (κ1) is 37.6. The molecule has 2 aromatic rings. The lowest BCUT2D eigenvalue weighted by Crippen LogP contribution is -2.59. The van der Waals surface area contributed by atoms with Crippen molar-refractivity contribution in [2.45, 2.75) is 83.6 Å². The molecule has 272 valence electrons. The molecule has 6 unspecified atom stereocenters. The third-order valence-corrected chi connectivity index (χ3v) is 9.68. The molecule has 3 aliphatic rings. The van der Waals surface area contributed by atoms with Gasteiger partial charge in [0.15, 0.2) is 6.29 Å². The second kappa shape index (κ2) is 16.6. The Kier molecular flexibility index (Phi) is 12.5. The molecular weight excluding hydrogens is 662 g/mol. The number of alkyl carbamates (subject to hydrolysis) is 1. The van der Waals surface area contributed by atoms with Crippen molar-refractivity contribution < 1.29 is 37.3 Å². The lowest BCUT2D eigenvalue weighted by atomic mass is 9.87. The summed E-state index contributed by atoms with van der Waals surface area (Å²) in [5.41, 5.74) is 5.68. The summed E-state index contributed by atoms with van der Waals surface area (Å²) in [5.74, 6) is -0.625. The fraction of sp³-hybridized carbons (Fsp3) is 0.528. The van der Waals surface area contributed by atoms with Crippen LogP contribution in [-0.2, 0) is 35.6 Å². The fourth-order valence-electron chi connectivity index (χ4n) is 6.35. The molecule has 6 atom stereocenters. The number of hydrogen-bond donors (Lipinski definition) is 4. The maximum absolute atomic E-state index is 13.7. The minimum atomic E-state index is -3.73. The summed E-state index contributed by atoms with van der Waals surface area (Å²) in [7, 11) is -3.73. The predicted octanol–water partition coefficient (Wildman–Crippen LogP) is 3.43. The Balaban J connectivity index is 1.35. The van der Waals surface area contributed by atoms with Gasteiger partial charge < -0.3 is 24.6 Å². The van der Waals surface area contributed by atoms with E-state index in [1.165, 1.54) is 0 Å². The minimum Gasteiger partial charge on any atom is -0.443 e. The van der Waals surface area contributed by atoms with Gasteiger partial charge in [-0.2, -0.15) is 0 Å². The number of benzene rings is 1. The number of nitrogens with one attached hydrogen (secondary N) is 3. The SMILES string of the molecule is CC(C)(C)C(NS(C)(=O)=O)C(=O)NN(Cc1ccc(-c2ccccn2)cc1)CC(O)C(CC1=CC=CCC1)NC(=O)OC1COC2OCCC12. The molecule has 1 aliphatic carbocycles. The van der Waals surface area contributed by atoms with Gasteiger partial charge in [-0.3, -0.25) is 15.2 Å². The largest absolute Gasteiger partial charge is 0.443 e. The molecule has 2 saturated heterocycles. The van der Waals surface area contributed by atoms with Crippen molar-refractivity contribution in [3.63, 3.8) is 0 Å². The molecule has 3 heterocycles. The third-order valence-electron chi connectivity index (χ3n) is 9.02. The van der Waals surface area contributed by atoms with E-state index in [0.717, 1.165) is 47.9 Å². The zero-order valence-corrected chi connectivity index (χ0v) is 29.9. The Bertz CT molecular complexity index is 1630. The number of ether oxygens (including phenoxy) is 3. The molecule has 2 aliphatic heterocycles. The summed E-state index contributed by atoms with van der Waals surface area (Å²) < 4.78 is 43.9. The van der Waals surface area contributed by atoms with Crippen molar-refractivity contribution in [2.24, 2.45) is 11.3 Å². The van der Waals surface area contributed by atoms with Crippen LogP contribution in [0.2, 0.25) is 0 Å². The Labute approximate surface area is 294 Å². The maximum atomic E-state index is 13.7. The first-order valence-corrected chi connectivity index (χ1v) is 18.9. The van der Waals surface area contributed by atoms with Gasteiger partial charge in [0.05, 0.1) is 43.2 Å². The van der Waals surface area contributed by atoms with Crippen LogP contribution in [0, 0.1) is 11.3 Å². The average Bonchev–Trinajstić information content (AvgIpc) is 3.69. The topological polar surface area (TPSA) is 168 Å². The van der Waals surface area contributed by atoms with Gasteiger partial charge in [0, 0.05) is 24.8 Å². The Morgan fingerprint density at radius 2 is 1.92 bits per heavy atom. The fourth-order valence-corrected chi connectivity index (χ4v) is 7.24. The van der Waals surface area contributed by atoms with E-state index < -0.39 is 51.7 Å². The first-order chi connectivity index (χ1) is 23.7. The van der Waals surface area contributed by atoms with Crippen LogP contribution in [0.15, 0.2) is 72.5 Å². The molecule has 0 spiro atoms. The summed E-state index contributed by atoms with van der Waals surface area (Å²) in [6.45, 7) is 6.15. The van der Waals surface area contributed by atoms with Gasteiger partial charge in [-0.15, -0.1) is 0 Å². The van der Waals surface area contributed by atoms with Crippen molar-refractivity contribution >= 4 is 22.0 Å². The lowest BCUT2D eigenvalue weighted by molar-refractivity contribution is -0.131. The van der Waals surface area contributed by atoms with E-state index in [4.69, 9.17) is 14.2 Å². The number of pyridine rings is 1. The zero-order chi connectivity index (χ0) is 35.9. The quantitative estimate of drug-likeness (QED) is 0.213. The van der Waals surface area contributed by atoms with Gasteiger partial charge in [-0.1, -0.05) is 74.9 Å². The molecule has 13 nitrogen and oxygen atoms in total. The monoisotopic (exact) mass is 711 g/mol. The molecule has 1 aromatic heterocycles. The Morgan fingerprint density at radius 1 is 1.14 bits per heavy atom. The number of aromatic nitrogens is 1. The number of carbonyl (C=O) groups is 2. The number of aliphatic hydroxyl groups excluding tert-OH is 1. The van der Waals surface area contributed by atoms with E-state index >= 15 is 0 Å². The summed E-state index contributed by atoms with van der Waals surface area (Å²) in [6.07, 6.45) is 8.77. The zero-order valence-electron chi connectivity index (χ0n) is 29.1. The third kappa shape index (κ3) is 10.7. The molecule has 1 aromatic carbocycles. The van der Waals surface area contributed by atoms with Crippen LogP contribution in [0.1, 0.15) is 52.0 Å². The molecule has 5 rings (SSSR count). The summed E-state index contributed by atoms with van der Waals surface area (Å²) in [6, 6.07) is 11.4. The van der Waals surface area contributed by atoms with Crippen molar-refractivity contribution in [3.05, 3.63) is 78.0 Å². The van der Waals surface area contributed by atoms with Gasteiger partial charge in [-0.05, 0) is 48.8 Å². The molecule has 0 radical (unpaired) electrons. The predicted molar refractivity (Wildman–Crippen MR) is 188 cm³/mol. The van der Waals surface area contributed by atoms with E-state index in [2.05, 4.69) is 26.5 Å². The van der Waals surface area contributed by atoms with Gasteiger partial charge in [-0.25, -0.2) is 22.9 Å². The maximum Gasteiger partial charge on any atom is 0.407 e. The van der Waals surface area contributed by atoms with Crippen LogP contribution in [0.25, 0.3) is 11.3 Å². The summed E-state index contributed by atoms with van der Waals surface area (Å²) >= 11 is 0. The van der Waals surface area contributed by atoms with Crippen LogP contribution in [0.3, 0.4) is 0 Å². The number of hydrazine groups is 1. The Hall–Kier alpha value is -3.66. The summed E-state index contributed by atoms with van der Waals surface area (Å²) in [5, 5.41) is 16.2. The molecule has 0 bridgehead atoms. The van der Waals surface area contributed by atoms with E-state index in [-0.39, 0.29) is 31.9 Å².